The summed E-state index contributed by atoms with van der Waals surface area (Å²) in [6.07, 6.45) is 1.15. The first kappa shape index (κ1) is 12.0. The van der Waals surface area contributed by atoms with E-state index >= 15 is 0 Å². The molecule has 1 saturated heterocycles. The summed E-state index contributed by atoms with van der Waals surface area (Å²) in [5, 5.41) is 2.70. The van der Waals surface area contributed by atoms with Crippen molar-refractivity contribution in [3.05, 3.63) is 30.1 Å². The van der Waals surface area contributed by atoms with E-state index in [1.54, 1.807) is 12.1 Å². The van der Waals surface area contributed by atoms with Crippen LogP contribution in [-0.4, -0.2) is 30.4 Å². The van der Waals surface area contributed by atoms with Crippen LogP contribution in [0.3, 0.4) is 0 Å². The fourth-order valence-corrected chi connectivity index (χ4v) is 2.14. The van der Waals surface area contributed by atoms with Crippen molar-refractivity contribution in [3.8, 4) is 0 Å². The Bertz CT molecular complexity index is 408. The van der Waals surface area contributed by atoms with Gasteiger partial charge in [0.2, 0.25) is 5.91 Å². The highest BCUT2D eigenvalue weighted by molar-refractivity contribution is 5.92. The number of hydrogen-bond donors (Lipinski definition) is 1. The number of nitrogens with zero attached hydrogens (tertiary/aromatic N) is 1. The largest absolute Gasteiger partial charge is 0.325 e. The van der Waals surface area contributed by atoms with Gasteiger partial charge in [0.05, 0.1) is 6.54 Å². The van der Waals surface area contributed by atoms with Gasteiger partial charge >= 0.3 is 0 Å². The van der Waals surface area contributed by atoms with Crippen molar-refractivity contribution >= 4 is 11.6 Å². The van der Waals surface area contributed by atoms with Gasteiger partial charge in [0.1, 0.15) is 5.82 Å². The number of rotatable bonds is 3. The van der Waals surface area contributed by atoms with Crippen LogP contribution in [0.25, 0.3) is 0 Å². The van der Waals surface area contributed by atoms with Gasteiger partial charge in [-0.1, -0.05) is 13.0 Å². The first-order valence-corrected chi connectivity index (χ1v) is 5.91. The summed E-state index contributed by atoms with van der Waals surface area (Å²) in [7, 11) is 0. The number of hydrogen-bond acceptors (Lipinski definition) is 2. The fourth-order valence-electron chi connectivity index (χ4n) is 2.14. The van der Waals surface area contributed by atoms with E-state index in [4.69, 9.17) is 0 Å². The van der Waals surface area contributed by atoms with Gasteiger partial charge < -0.3 is 5.32 Å². The highest BCUT2D eigenvalue weighted by Gasteiger charge is 2.20. The first-order chi connectivity index (χ1) is 8.13. The lowest BCUT2D eigenvalue weighted by molar-refractivity contribution is -0.117. The molecule has 1 fully saturated rings. The Kier molecular flexibility index (Phi) is 3.74. The Labute approximate surface area is 101 Å². The predicted octanol–water partition coefficient (Wildman–Crippen LogP) is 2.11. The number of amides is 1. The van der Waals surface area contributed by atoms with Gasteiger partial charge in [-0.05, 0) is 37.1 Å². The van der Waals surface area contributed by atoms with Gasteiger partial charge in [-0.2, -0.15) is 0 Å². The molecule has 0 saturated carbocycles. The van der Waals surface area contributed by atoms with E-state index < -0.39 is 0 Å². The molecule has 0 bridgehead atoms. The standard InChI is InChI=1S/C13H17FN2O/c1-10-5-6-16(8-10)9-13(17)15-12-4-2-3-11(14)7-12/h2-4,7,10H,5-6,8-9H2,1H3,(H,15,17)/t10-/m0/s1. The third-order valence-electron chi connectivity index (χ3n) is 2.98. The molecule has 1 aromatic carbocycles. The van der Waals surface area contributed by atoms with Crippen molar-refractivity contribution in [2.24, 2.45) is 5.92 Å². The number of nitrogens with one attached hydrogen (secondary N) is 1. The summed E-state index contributed by atoms with van der Waals surface area (Å²) < 4.78 is 12.9. The highest BCUT2D eigenvalue weighted by Crippen LogP contribution is 2.15. The summed E-state index contributed by atoms with van der Waals surface area (Å²) in [5.74, 6) is 0.249. The lowest BCUT2D eigenvalue weighted by atomic mass is 10.2. The molecule has 0 aliphatic carbocycles. The molecule has 1 atom stereocenters. The Morgan fingerprint density at radius 1 is 1.59 bits per heavy atom. The van der Waals surface area contributed by atoms with E-state index in [9.17, 15) is 9.18 Å². The fraction of sp³-hybridized carbons (Fsp3) is 0.462. The van der Waals surface area contributed by atoms with E-state index in [2.05, 4.69) is 17.1 Å². The Balaban J connectivity index is 1.85. The Morgan fingerprint density at radius 3 is 3.06 bits per heavy atom. The van der Waals surface area contributed by atoms with Crippen LogP contribution in [0.4, 0.5) is 10.1 Å². The van der Waals surface area contributed by atoms with Crippen LogP contribution in [0.15, 0.2) is 24.3 Å². The predicted molar refractivity (Wildman–Crippen MR) is 65.3 cm³/mol. The minimum absolute atomic E-state index is 0.0790. The van der Waals surface area contributed by atoms with Gasteiger partial charge in [-0.25, -0.2) is 4.39 Å². The molecule has 1 aliphatic heterocycles. The SMILES string of the molecule is C[C@H]1CCN(CC(=O)Nc2cccc(F)c2)C1. The van der Waals surface area contributed by atoms with Crippen LogP contribution >= 0.6 is 0 Å². The third kappa shape index (κ3) is 3.53. The summed E-state index contributed by atoms with van der Waals surface area (Å²) in [5.41, 5.74) is 0.516. The number of carbonyl (C=O) groups excluding carboxylic acids is 1. The van der Waals surface area contributed by atoms with E-state index in [0.29, 0.717) is 18.2 Å². The van der Waals surface area contributed by atoms with Crippen molar-refractivity contribution in [2.75, 3.05) is 25.0 Å². The molecule has 1 aromatic rings. The maximum absolute atomic E-state index is 12.9. The molecule has 1 heterocycles. The number of halogens is 1. The zero-order chi connectivity index (χ0) is 12.3. The lowest BCUT2D eigenvalue weighted by Crippen LogP contribution is -2.31. The van der Waals surface area contributed by atoms with Crippen LogP contribution in [0.5, 0.6) is 0 Å². The average Bonchev–Trinajstić information content (AvgIpc) is 2.63. The third-order valence-corrected chi connectivity index (χ3v) is 2.98. The first-order valence-electron chi connectivity index (χ1n) is 5.91. The smallest absolute Gasteiger partial charge is 0.238 e. The van der Waals surface area contributed by atoms with Crippen molar-refractivity contribution in [1.82, 2.24) is 4.90 Å². The van der Waals surface area contributed by atoms with Gasteiger partial charge in [-0.15, -0.1) is 0 Å². The second-order valence-corrected chi connectivity index (χ2v) is 4.69. The second kappa shape index (κ2) is 5.27. The van der Waals surface area contributed by atoms with Crippen LogP contribution in [0.1, 0.15) is 13.3 Å². The molecular formula is C13H17FN2O. The normalized spacial score (nSPS) is 20.5. The number of benzene rings is 1. The molecule has 0 radical (unpaired) electrons. The van der Waals surface area contributed by atoms with Crippen LogP contribution in [0, 0.1) is 11.7 Å². The molecule has 4 heteroatoms. The van der Waals surface area contributed by atoms with Gasteiger partial charge in [-0.3, -0.25) is 9.69 Å². The molecule has 0 aromatic heterocycles. The van der Waals surface area contributed by atoms with Gasteiger partial charge in [0, 0.05) is 12.2 Å². The molecule has 1 amide bonds. The molecule has 1 aliphatic rings. The number of likely N-dealkylation sites (tertiary alicyclic amines) is 1. The molecule has 0 spiro atoms. The quantitative estimate of drug-likeness (QED) is 0.871. The van der Waals surface area contributed by atoms with Crippen LogP contribution in [-0.2, 0) is 4.79 Å². The van der Waals surface area contributed by atoms with E-state index in [-0.39, 0.29) is 11.7 Å². The van der Waals surface area contributed by atoms with Crippen LogP contribution < -0.4 is 5.32 Å². The van der Waals surface area contributed by atoms with Crippen molar-refractivity contribution in [3.63, 3.8) is 0 Å². The molecule has 2 rings (SSSR count). The summed E-state index contributed by atoms with van der Waals surface area (Å²) in [4.78, 5) is 13.8. The molecule has 0 unspecified atom stereocenters. The molecule has 92 valence electrons. The maximum atomic E-state index is 12.9. The monoisotopic (exact) mass is 236 g/mol. The van der Waals surface area contributed by atoms with E-state index in [1.807, 2.05) is 0 Å². The van der Waals surface area contributed by atoms with E-state index in [0.717, 1.165) is 19.5 Å². The van der Waals surface area contributed by atoms with Crippen molar-refractivity contribution in [1.29, 1.82) is 0 Å². The molecule has 3 nitrogen and oxygen atoms in total. The minimum atomic E-state index is -0.336. The summed E-state index contributed by atoms with van der Waals surface area (Å²) >= 11 is 0. The number of carbonyl (C=O) groups is 1. The van der Waals surface area contributed by atoms with Gasteiger partial charge in [0.25, 0.3) is 0 Å². The highest BCUT2D eigenvalue weighted by atomic mass is 19.1. The van der Waals surface area contributed by atoms with Gasteiger partial charge in [0.15, 0.2) is 0 Å². The topological polar surface area (TPSA) is 32.3 Å². The Morgan fingerprint density at radius 2 is 2.41 bits per heavy atom. The summed E-state index contributed by atoms with van der Waals surface area (Å²) in [6.45, 7) is 4.51. The summed E-state index contributed by atoms with van der Waals surface area (Å²) in [6, 6.07) is 5.96. The Hall–Kier alpha value is -1.42. The van der Waals surface area contributed by atoms with E-state index in [1.165, 1.54) is 12.1 Å². The second-order valence-electron chi connectivity index (χ2n) is 4.69. The molecular weight excluding hydrogens is 219 g/mol. The zero-order valence-corrected chi connectivity index (χ0v) is 9.95. The lowest BCUT2D eigenvalue weighted by Gasteiger charge is -2.14. The molecule has 1 N–H and O–H groups in total. The maximum Gasteiger partial charge on any atom is 0.238 e. The molecule has 17 heavy (non-hydrogen) atoms. The van der Waals surface area contributed by atoms with Crippen LogP contribution in [0.2, 0.25) is 0 Å². The minimum Gasteiger partial charge on any atom is -0.325 e. The van der Waals surface area contributed by atoms with Crippen molar-refractivity contribution < 1.29 is 9.18 Å². The zero-order valence-electron chi connectivity index (χ0n) is 9.95. The number of anilines is 1. The van der Waals surface area contributed by atoms with Crippen molar-refractivity contribution in [2.45, 2.75) is 13.3 Å². The average molecular weight is 236 g/mol.